The number of nitrogens with one attached hydrogen (secondary N) is 4. The molecule has 0 aromatic carbocycles. The summed E-state index contributed by atoms with van der Waals surface area (Å²) in [7, 11) is 0. The van der Waals surface area contributed by atoms with Crippen molar-refractivity contribution in [3.8, 4) is 0 Å². The number of nitrogens with zero attached hydrogens (tertiary/aromatic N) is 3. The fraction of sp³-hybridized carbons (Fsp3) is 0.722. The Hall–Kier alpha value is -3.90. The van der Waals surface area contributed by atoms with Crippen LogP contribution in [-0.2, 0) is 24.0 Å². The van der Waals surface area contributed by atoms with Crippen molar-refractivity contribution in [2.45, 2.75) is 147 Å². The standard InChI is InChI=1S/C36H53N7O6/c1-4-10-25(31(44)35(48)39-24-15-16-24)40-33(46)28-19-23-13-8-9-14-27(23)43(28)36(49)29(21(2)3)41-34(47)30(22-11-6-5-7-12-22)42-32(45)26-20-37-17-18-38-26/h17-18,20-25,27-30H,4-16,19H2,1-3H3,(H,39,48)(H,40,46)(H,41,47)(H,42,45)/t23-,25?,27-,28-,29-,30-/m0/s1. The predicted octanol–water partition coefficient (Wildman–Crippen LogP) is 2.59. The van der Waals surface area contributed by atoms with Crippen molar-refractivity contribution in [1.82, 2.24) is 36.1 Å². The Balaban J connectivity index is 1.35. The summed E-state index contributed by atoms with van der Waals surface area (Å²) in [6, 6.07) is -3.78. The molecule has 2 heterocycles. The summed E-state index contributed by atoms with van der Waals surface area (Å²) in [4.78, 5) is 91.3. The van der Waals surface area contributed by atoms with Crippen LogP contribution in [0.1, 0.15) is 121 Å². The van der Waals surface area contributed by atoms with Crippen molar-refractivity contribution in [2.75, 3.05) is 0 Å². The maximum absolute atomic E-state index is 14.6. The smallest absolute Gasteiger partial charge is 0.289 e. The van der Waals surface area contributed by atoms with Crippen molar-refractivity contribution in [2.24, 2.45) is 17.8 Å². The summed E-state index contributed by atoms with van der Waals surface area (Å²) < 4.78 is 0. The molecule has 4 fully saturated rings. The lowest BCUT2D eigenvalue weighted by molar-refractivity contribution is -0.146. The van der Waals surface area contributed by atoms with Crippen LogP contribution in [0.25, 0.3) is 0 Å². The predicted molar refractivity (Wildman–Crippen MR) is 181 cm³/mol. The third-order valence-corrected chi connectivity index (χ3v) is 10.7. The van der Waals surface area contributed by atoms with Gasteiger partial charge in [-0.15, -0.1) is 0 Å². The van der Waals surface area contributed by atoms with E-state index in [1.165, 1.54) is 18.6 Å². The molecular formula is C36H53N7O6. The number of fused-ring (bicyclic) bond motifs is 1. The minimum atomic E-state index is -0.981. The van der Waals surface area contributed by atoms with E-state index in [4.69, 9.17) is 0 Å². The van der Waals surface area contributed by atoms with Gasteiger partial charge in [-0.05, 0) is 69.1 Å². The molecule has 5 rings (SSSR count). The van der Waals surface area contributed by atoms with Crippen molar-refractivity contribution < 1.29 is 28.8 Å². The zero-order chi connectivity index (χ0) is 35.1. The van der Waals surface area contributed by atoms with E-state index in [9.17, 15) is 28.8 Å². The monoisotopic (exact) mass is 679 g/mol. The molecule has 3 aliphatic carbocycles. The molecule has 4 N–H and O–H groups in total. The Morgan fingerprint density at radius 1 is 0.878 bits per heavy atom. The number of likely N-dealkylation sites (tertiary alicyclic amines) is 1. The van der Waals surface area contributed by atoms with Crippen LogP contribution < -0.4 is 21.3 Å². The van der Waals surface area contributed by atoms with E-state index in [0.29, 0.717) is 19.3 Å². The van der Waals surface area contributed by atoms with Crippen LogP contribution in [0, 0.1) is 17.8 Å². The third kappa shape index (κ3) is 9.02. The molecule has 0 spiro atoms. The molecule has 5 amide bonds. The van der Waals surface area contributed by atoms with Gasteiger partial charge in [0, 0.05) is 24.5 Å². The Morgan fingerprint density at radius 3 is 2.24 bits per heavy atom. The molecule has 4 aliphatic rings. The summed E-state index contributed by atoms with van der Waals surface area (Å²) >= 11 is 0. The van der Waals surface area contributed by atoms with Gasteiger partial charge in [0.2, 0.25) is 23.5 Å². The molecule has 13 heteroatoms. The summed E-state index contributed by atoms with van der Waals surface area (Å²) in [5.41, 5.74) is 0.103. The second kappa shape index (κ2) is 16.7. The van der Waals surface area contributed by atoms with E-state index in [-0.39, 0.29) is 41.4 Å². The van der Waals surface area contributed by atoms with Crippen LogP contribution in [-0.4, -0.2) is 86.4 Å². The molecule has 1 aromatic heterocycles. The number of rotatable bonds is 14. The SMILES string of the molecule is CCCC(NC(=O)[C@@H]1C[C@@H]2CCCC[C@@H]2N1C(=O)[C@@H](NC(=O)[C@@H](NC(=O)c1cnccn1)C1CCCCC1)C(C)C)C(=O)C(=O)NC1CC1. The number of hydrogen-bond acceptors (Lipinski definition) is 8. The summed E-state index contributed by atoms with van der Waals surface area (Å²) in [5.74, 6) is -3.38. The second-order valence-electron chi connectivity index (χ2n) is 14.7. The maximum atomic E-state index is 14.6. The molecule has 0 radical (unpaired) electrons. The number of carbonyl (C=O) groups is 6. The minimum Gasteiger partial charge on any atom is -0.347 e. The zero-order valence-electron chi connectivity index (χ0n) is 29.1. The van der Waals surface area contributed by atoms with Gasteiger partial charge in [-0.3, -0.25) is 33.8 Å². The average molecular weight is 680 g/mol. The largest absolute Gasteiger partial charge is 0.347 e. The van der Waals surface area contributed by atoms with Gasteiger partial charge in [-0.25, -0.2) is 4.98 Å². The van der Waals surface area contributed by atoms with Crippen LogP contribution in [0.5, 0.6) is 0 Å². The highest BCUT2D eigenvalue weighted by molar-refractivity contribution is 6.38. The van der Waals surface area contributed by atoms with Gasteiger partial charge in [-0.1, -0.05) is 59.3 Å². The van der Waals surface area contributed by atoms with E-state index in [1.807, 2.05) is 20.8 Å². The van der Waals surface area contributed by atoms with Crippen molar-refractivity contribution in [1.29, 1.82) is 0 Å². The quantitative estimate of drug-likeness (QED) is 0.217. The first-order chi connectivity index (χ1) is 23.6. The number of aromatic nitrogens is 2. The van der Waals surface area contributed by atoms with Gasteiger partial charge < -0.3 is 26.2 Å². The maximum Gasteiger partial charge on any atom is 0.289 e. The molecule has 268 valence electrons. The molecule has 6 atom stereocenters. The molecule has 1 saturated heterocycles. The number of carbonyl (C=O) groups excluding carboxylic acids is 6. The Labute approximate surface area is 288 Å². The molecule has 49 heavy (non-hydrogen) atoms. The van der Waals surface area contributed by atoms with Crippen molar-refractivity contribution >= 4 is 35.3 Å². The summed E-state index contributed by atoms with van der Waals surface area (Å²) in [6.45, 7) is 5.60. The van der Waals surface area contributed by atoms with Crippen LogP contribution in [0.3, 0.4) is 0 Å². The first-order valence-corrected chi connectivity index (χ1v) is 18.4. The van der Waals surface area contributed by atoms with Gasteiger partial charge in [0.25, 0.3) is 11.8 Å². The molecular weight excluding hydrogens is 626 g/mol. The van der Waals surface area contributed by atoms with E-state index in [1.54, 1.807) is 4.90 Å². The van der Waals surface area contributed by atoms with Crippen LogP contribution in [0.15, 0.2) is 18.6 Å². The molecule has 1 aromatic rings. The van der Waals surface area contributed by atoms with Crippen LogP contribution in [0.4, 0.5) is 0 Å². The van der Waals surface area contributed by atoms with Gasteiger partial charge in [0.1, 0.15) is 23.8 Å². The highest BCUT2D eigenvalue weighted by Gasteiger charge is 2.50. The Kier molecular flexibility index (Phi) is 12.4. The van der Waals surface area contributed by atoms with Crippen LogP contribution >= 0.6 is 0 Å². The third-order valence-electron chi connectivity index (χ3n) is 10.7. The molecule has 13 nitrogen and oxygen atoms in total. The van der Waals surface area contributed by atoms with Crippen molar-refractivity contribution in [3.63, 3.8) is 0 Å². The second-order valence-corrected chi connectivity index (χ2v) is 14.7. The average Bonchev–Trinajstić information content (AvgIpc) is 3.84. The highest BCUT2D eigenvalue weighted by atomic mass is 16.2. The Bertz CT molecular complexity index is 1360. The van der Waals surface area contributed by atoms with E-state index in [2.05, 4.69) is 31.2 Å². The molecule has 0 bridgehead atoms. The lowest BCUT2D eigenvalue weighted by atomic mass is 9.83. The zero-order valence-corrected chi connectivity index (χ0v) is 29.1. The summed E-state index contributed by atoms with van der Waals surface area (Å²) in [5, 5.41) is 11.5. The lowest BCUT2D eigenvalue weighted by Gasteiger charge is -2.38. The van der Waals surface area contributed by atoms with E-state index in [0.717, 1.165) is 70.6 Å². The minimum absolute atomic E-state index is 0.0155. The van der Waals surface area contributed by atoms with Gasteiger partial charge in [-0.2, -0.15) is 0 Å². The summed E-state index contributed by atoms with van der Waals surface area (Å²) in [6.07, 6.45) is 15.3. The van der Waals surface area contributed by atoms with Crippen LogP contribution in [0.2, 0.25) is 0 Å². The fourth-order valence-electron chi connectivity index (χ4n) is 7.89. The van der Waals surface area contributed by atoms with Gasteiger partial charge >= 0.3 is 0 Å². The normalized spacial score (nSPS) is 24.2. The topological polar surface area (TPSA) is 180 Å². The first kappa shape index (κ1) is 36.4. The van der Waals surface area contributed by atoms with Crippen molar-refractivity contribution in [3.05, 3.63) is 24.3 Å². The molecule has 1 unspecified atom stereocenters. The van der Waals surface area contributed by atoms with E-state index < -0.39 is 53.6 Å². The molecule has 3 saturated carbocycles. The number of ketones is 1. The fourth-order valence-corrected chi connectivity index (χ4v) is 7.89. The van der Waals surface area contributed by atoms with Gasteiger partial charge in [0.05, 0.1) is 12.2 Å². The number of Topliss-reactive ketones (excluding diaryl/α,β-unsaturated/α-hetero) is 1. The number of amides is 5. The van der Waals surface area contributed by atoms with E-state index >= 15 is 0 Å². The number of hydrogen-bond donors (Lipinski definition) is 4. The molecule has 1 aliphatic heterocycles. The first-order valence-electron chi connectivity index (χ1n) is 18.4. The highest BCUT2D eigenvalue weighted by Crippen LogP contribution is 2.40. The van der Waals surface area contributed by atoms with Gasteiger partial charge in [0.15, 0.2) is 0 Å². The lowest BCUT2D eigenvalue weighted by Crippen LogP contribution is -2.61. The Morgan fingerprint density at radius 2 is 1.59 bits per heavy atom.